The number of carbonyl (C=O) groups is 2. The number of methoxy groups -OCH3 is 1. The second-order valence-electron chi connectivity index (χ2n) is 8.64. The fourth-order valence-electron chi connectivity index (χ4n) is 4.26. The Labute approximate surface area is 196 Å². The quantitative estimate of drug-likeness (QED) is 0.288. The summed E-state index contributed by atoms with van der Waals surface area (Å²) >= 11 is 0. The van der Waals surface area contributed by atoms with Crippen molar-refractivity contribution < 1.29 is 24.2 Å². The summed E-state index contributed by atoms with van der Waals surface area (Å²) in [6, 6.07) is 16.3. The van der Waals surface area contributed by atoms with Crippen molar-refractivity contribution in [1.82, 2.24) is 4.90 Å². The molecule has 0 saturated carbocycles. The van der Waals surface area contributed by atoms with E-state index in [1.807, 2.05) is 37.3 Å². The number of rotatable bonds is 11. The number of aryl methyl sites for hydroxylation is 1. The maximum absolute atomic E-state index is 12.5. The molecule has 1 N–H and O–H groups in total. The van der Waals surface area contributed by atoms with Crippen LogP contribution < -0.4 is 4.74 Å². The fraction of sp³-hybridized carbons (Fsp3) is 0.407. The molecule has 0 amide bonds. The van der Waals surface area contributed by atoms with Gasteiger partial charge in [-0.3, -0.25) is 4.90 Å². The van der Waals surface area contributed by atoms with E-state index in [1.165, 1.54) is 0 Å². The van der Waals surface area contributed by atoms with Crippen molar-refractivity contribution in [3.05, 3.63) is 77.4 Å². The van der Waals surface area contributed by atoms with E-state index in [0.29, 0.717) is 6.42 Å². The van der Waals surface area contributed by atoms with E-state index >= 15 is 0 Å². The van der Waals surface area contributed by atoms with Crippen LogP contribution in [0.25, 0.3) is 0 Å². The van der Waals surface area contributed by atoms with Crippen LogP contribution in [0.4, 0.5) is 0 Å². The molecule has 2 aromatic rings. The number of carboxylic acid groups (broad SMARTS) is 1. The van der Waals surface area contributed by atoms with Crippen LogP contribution in [0, 0.1) is 6.92 Å². The van der Waals surface area contributed by atoms with E-state index in [-0.39, 0.29) is 18.0 Å². The standard InChI is InChI=1S/C27H35NO5/c1-18(2)28(19(3)4)25(33-27(31)15-14-26(29)30)17-22(21-10-8-7-9-11-21)23-16-20(5)12-13-24(23)32-6/h7-16,18-19,22,25H,17H2,1-6H3,(H,29,30)/b15-14+. The van der Waals surface area contributed by atoms with Gasteiger partial charge in [0.15, 0.2) is 6.23 Å². The van der Waals surface area contributed by atoms with Crippen molar-refractivity contribution in [1.29, 1.82) is 0 Å². The molecule has 0 saturated heterocycles. The number of benzene rings is 2. The minimum atomic E-state index is -1.19. The Hall–Kier alpha value is -3.12. The van der Waals surface area contributed by atoms with E-state index in [4.69, 9.17) is 14.6 Å². The molecule has 0 spiro atoms. The van der Waals surface area contributed by atoms with Crippen molar-refractivity contribution in [3.63, 3.8) is 0 Å². The third kappa shape index (κ3) is 7.46. The predicted molar refractivity (Wildman–Crippen MR) is 129 cm³/mol. The summed E-state index contributed by atoms with van der Waals surface area (Å²) in [5.74, 6) is -1.22. The van der Waals surface area contributed by atoms with E-state index in [0.717, 1.165) is 34.6 Å². The Morgan fingerprint density at radius 1 is 1.00 bits per heavy atom. The van der Waals surface area contributed by atoms with Crippen LogP contribution in [0.3, 0.4) is 0 Å². The molecule has 2 atom stereocenters. The van der Waals surface area contributed by atoms with Crippen molar-refractivity contribution in [3.8, 4) is 5.75 Å². The lowest BCUT2D eigenvalue weighted by Crippen LogP contribution is -2.47. The van der Waals surface area contributed by atoms with Crippen molar-refractivity contribution in [2.24, 2.45) is 0 Å². The molecule has 0 aromatic heterocycles. The maximum Gasteiger partial charge on any atom is 0.332 e. The van der Waals surface area contributed by atoms with E-state index in [9.17, 15) is 9.59 Å². The van der Waals surface area contributed by atoms with Gasteiger partial charge in [0.2, 0.25) is 0 Å². The van der Waals surface area contributed by atoms with E-state index in [1.54, 1.807) is 7.11 Å². The van der Waals surface area contributed by atoms with Crippen molar-refractivity contribution >= 4 is 11.9 Å². The van der Waals surface area contributed by atoms with Crippen LogP contribution in [0.5, 0.6) is 5.75 Å². The van der Waals surface area contributed by atoms with Gasteiger partial charge in [-0.25, -0.2) is 9.59 Å². The van der Waals surface area contributed by atoms with Crippen LogP contribution in [0.2, 0.25) is 0 Å². The molecule has 0 bridgehead atoms. The third-order valence-corrected chi connectivity index (χ3v) is 5.54. The number of aliphatic carboxylic acids is 1. The van der Waals surface area contributed by atoms with Gasteiger partial charge in [-0.2, -0.15) is 0 Å². The number of hydrogen-bond acceptors (Lipinski definition) is 5. The predicted octanol–water partition coefficient (Wildman–Crippen LogP) is 5.15. The SMILES string of the molecule is COc1ccc(C)cc1C(CC(OC(=O)/C=C/C(=O)O)N(C(C)C)C(C)C)c1ccccc1. The van der Waals surface area contributed by atoms with Gasteiger partial charge in [-0.15, -0.1) is 0 Å². The minimum Gasteiger partial charge on any atom is -0.496 e. The Morgan fingerprint density at radius 3 is 2.18 bits per heavy atom. The van der Waals surface area contributed by atoms with Gasteiger partial charge >= 0.3 is 11.9 Å². The van der Waals surface area contributed by atoms with Crippen LogP contribution in [0.1, 0.15) is 56.7 Å². The third-order valence-electron chi connectivity index (χ3n) is 5.54. The first-order valence-corrected chi connectivity index (χ1v) is 11.2. The summed E-state index contributed by atoms with van der Waals surface area (Å²) in [5.41, 5.74) is 3.20. The number of carbonyl (C=O) groups excluding carboxylic acids is 1. The Kier molecular flexibility index (Phi) is 9.67. The van der Waals surface area contributed by atoms with Crippen LogP contribution in [-0.2, 0) is 14.3 Å². The molecule has 0 radical (unpaired) electrons. The summed E-state index contributed by atoms with van der Waals surface area (Å²) in [5, 5.41) is 8.89. The molecule has 0 aliphatic heterocycles. The number of carboxylic acids is 1. The van der Waals surface area contributed by atoms with Gasteiger partial charge in [0.25, 0.3) is 0 Å². The topological polar surface area (TPSA) is 76.1 Å². The zero-order chi connectivity index (χ0) is 24.5. The second-order valence-corrected chi connectivity index (χ2v) is 8.64. The number of nitrogens with zero attached hydrogens (tertiary/aromatic N) is 1. The Morgan fingerprint density at radius 2 is 1.64 bits per heavy atom. The monoisotopic (exact) mass is 453 g/mol. The van der Waals surface area contributed by atoms with Gasteiger partial charge in [0.1, 0.15) is 5.75 Å². The highest BCUT2D eigenvalue weighted by Crippen LogP contribution is 2.37. The zero-order valence-corrected chi connectivity index (χ0v) is 20.3. The highest BCUT2D eigenvalue weighted by atomic mass is 16.6. The first-order valence-electron chi connectivity index (χ1n) is 11.2. The molecule has 0 aliphatic rings. The normalized spacial score (nSPS) is 13.5. The molecule has 0 fully saturated rings. The van der Waals surface area contributed by atoms with E-state index in [2.05, 4.69) is 50.8 Å². The maximum atomic E-state index is 12.5. The first kappa shape index (κ1) is 26.1. The largest absolute Gasteiger partial charge is 0.496 e. The molecule has 6 nitrogen and oxygen atoms in total. The summed E-state index contributed by atoms with van der Waals surface area (Å²) < 4.78 is 11.5. The molecular weight excluding hydrogens is 418 g/mol. The average Bonchev–Trinajstić information content (AvgIpc) is 2.76. The van der Waals surface area contributed by atoms with Gasteiger partial charge in [0, 0.05) is 42.1 Å². The lowest BCUT2D eigenvalue weighted by molar-refractivity contribution is -0.158. The zero-order valence-electron chi connectivity index (χ0n) is 20.3. The fourth-order valence-corrected chi connectivity index (χ4v) is 4.26. The molecule has 2 unspecified atom stereocenters. The first-order chi connectivity index (χ1) is 15.6. The summed E-state index contributed by atoms with van der Waals surface area (Å²) in [6.07, 6.45) is 1.66. The molecule has 0 heterocycles. The van der Waals surface area contributed by atoms with Gasteiger partial charge in [0.05, 0.1) is 7.11 Å². The summed E-state index contributed by atoms with van der Waals surface area (Å²) in [4.78, 5) is 25.5. The van der Waals surface area contributed by atoms with Gasteiger partial charge < -0.3 is 14.6 Å². The molecular formula is C27H35NO5. The summed E-state index contributed by atoms with van der Waals surface area (Å²) in [7, 11) is 1.65. The smallest absolute Gasteiger partial charge is 0.332 e. The highest BCUT2D eigenvalue weighted by Gasteiger charge is 2.32. The number of esters is 1. The minimum absolute atomic E-state index is 0.0991. The summed E-state index contributed by atoms with van der Waals surface area (Å²) in [6.45, 7) is 10.3. The molecule has 2 rings (SSSR count). The van der Waals surface area contributed by atoms with Crippen molar-refractivity contribution in [2.75, 3.05) is 7.11 Å². The lowest BCUT2D eigenvalue weighted by Gasteiger charge is -2.39. The van der Waals surface area contributed by atoms with Crippen molar-refractivity contribution in [2.45, 2.75) is 65.3 Å². The second kappa shape index (κ2) is 12.2. The number of hydrogen-bond donors (Lipinski definition) is 1. The van der Waals surface area contributed by atoms with Crippen LogP contribution in [-0.4, -0.2) is 47.4 Å². The van der Waals surface area contributed by atoms with Crippen LogP contribution in [0.15, 0.2) is 60.7 Å². The Balaban J connectivity index is 2.55. The molecule has 33 heavy (non-hydrogen) atoms. The average molecular weight is 454 g/mol. The van der Waals surface area contributed by atoms with E-state index < -0.39 is 18.2 Å². The number of ether oxygens (including phenoxy) is 2. The van der Waals surface area contributed by atoms with Gasteiger partial charge in [-0.05, 0) is 46.2 Å². The molecule has 178 valence electrons. The lowest BCUT2D eigenvalue weighted by atomic mass is 9.86. The molecule has 0 aliphatic carbocycles. The molecule has 2 aromatic carbocycles. The van der Waals surface area contributed by atoms with Gasteiger partial charge in [-0.1, -0.05) is 48.0 Å². The molecule has 6 heteroatoms. The highest BCUT2D eigenvalue weighted by molar-refractivity contribution is 5.90. The Bertz CT molecular complexity index is 944. The van der Waals surface area contributed by atoms with Crippen LogP contribution >= 0.6 is 0 Å².